The van der Waals surface area contributed by atoms with E-state index >= 15 is 0 Å². The molecule has 5 heteroatoms. The Kier molecular flexibility index (Phi) is 3.94. The summed E-state index contributed by atoms with van der Waals surface area (Å²) in [5.41, 5.74) is 6.67. The van der Waals surface area contributed by atoms with Gasteiger partial charge in [0.05, 0.1) is 5.92 Å². The number of aromatic hydroxyl groups is 1. The average molecular weight is 247 g/mol. The predicted molar refractivity (Wildman–Crippen MR) is 67.3 cm³/mol. The maximum atomic E-state index is 9.20. The van der Waals surface area contributed by atoms with Crippen molar-refractivity contribution in [3.63, 3.8) is 0 Å². The van der Waals surface area contributed by atoms with Gasteiger partial charge in [-0.15, -0.1) is 0 Å². The minimum atomic E-state index is 0.131. The van der Waals surface area contributed by atoms with E-state index in [1.807, 2.05) is 19.1 Å². The highest BCUT2D eigenvalue weighted by Crippen LogP contribution is 2.17. The monoisotopic (exact) mass is 247 g/mol. The quantitative estimate of drug-likeness (QED) is 0.841. The van der Waals surface area contributed by atoms with Crippen molar-refractivity contribution in [3.05, 3.63) is 41.5 Å². The summed E-state index contributed by atoms with van der Waals surface area (Å²) in [6.07, 6.45) is 1.47. The van der Waals surface area contributed by atoms with Crippen molar-refractivity contribution < 1.29 is 9.63 Å². The van der Waals surface area contributed by atoms with Gasteiger partial charge in [0.2, 0.25) is 5.89 Å². The molecule has 0 aliphatic rings. The number of phenols is 1. The van der Waals surface area contributed by atoms with Gasteiger partial charge in [0.1, 0.15) is 5.75 Å². The van der Waals surface area contributed by atoms with Crippen LogP contribution in [0.3, 0.4) is 0 Å². The predicted octanol–water partition coefficient (Wildman–Crippen LogP) is 1.82. The summed E-state index contributed by atoms with van der Waals surface area (Å²) in [5.74, 6) is 1.63. The fourth-order valence-electron chi connectivity index (χ4n) is 1.74. The van der Waals surface area contributed by atoms with Crippen molar-refractivity contribution in [1.82, 2.24) is 10.1 Å². The van der Waals surface area contributed by atoms with Gasteiger partial charge in [0.15, 0.2) is 5.82 Å². The first kappa shape index (κ1) is 12.6. The van der Waals surface area contributed by atoms with E-state index in [0.717, 1.165) is 12.0 Å². The van der Waals surface area contributed by atoms with Gasteiger partial charge in [0.25, 0.3) is 0 Å². The SMILES string of the molecule is CCC(CN)c1nc(Cc2ccc(O)cc2)no1. The van der Waals surface area contributed by atoms with Crippen molar-refractivity contribution in [2.45, 2.75) is 25.7 Å². The number of phenolic OH excluding ortho intramolecular Hbond substituents is 1. The molecule has 0 saturated carbocycles. The van der Waals surface area contributed by atoms with E-state index in [2.05, 4.69) is 10.1 Å². The van der Waals surface area contributed by atoms with E-state index in [9.17, 15) is 5.11 Å². The van der Waals surface area contributed by atoms with Crippen molar-refractivity contribution in [3.8, 4) is 5.75 Å². The Labute approximate surface area is 106 Å². The molecule has 0 aliphatic carbocycles. The van der Waals surface area contributed by atoms with E-state index in [1.54, 1.807) is 12.1 Å². The van der Waals surface area contributed by atoms with E-state index in [1.165, 1.54) is 0 Å². The number of hydrogen-bond acceptors (Lipinski definition) is 5. The Hall–Kier alpha value is -1.88. The second kappa shape index (κ2) is 5.64. The molecule has 1 aromatic heterocycles. The first-order valence-corrected chi connectivity index (χ1v) is 6.03. The zero-order valence-electron chi connectivity index (χ0n) is 10.3. The largest absolute Gasteiger partial charge is 0.508 e. The molecule has 5 nitrogen and oxygen atoms in total. The van der Waals surface area contributed by atoms with Crippen molar-refractivity contribution >= 4 is 0 Å². The van der Waals surface area contributed by atoms with Crippen molar-refractivity contribution in [2.75, 3.05) is 6.54 Å². The highest BCUT2D eigenvalue weighted by atomic mass is 16.5. The van der Waals surface area contributed by atoms with Crippen molar-refractivity contribution in [1.29, 1.82) is 0 Å². The number of aromatic nitrogens is 2. The summed E-state index contributed by atoms with van der Waals surface area (Å²) in [6.45, 7) is 2.55. The molecule has 1 heterocycles. The molecule has 18 heavy (non-hydrogen) atoms. The van der Waals surface area contributed by atoms with Crippen LogP contribution in [0.5, 0.6) is 5.75 Å². The molecular formula is C13H17N3O2. The van der Waals surface area contributed by atoms with Gasteiger partial charge in [-0.05, 0) is 24.1 Å². The van der Waals surface area contributed by atoms with Crippen LogP contribution in [0.1, 0.15) is 36.5 Å². The fraction of sp³-hybridized carbons (Fsp3) is 0.385. The van der Waals surface area contributed by atoms with E-state index in [0.29, 0.717) is 24.7 Å². The Morgan fingerprint density at radius 2 is 2.06 bits per heavy atom. The lowest BCUT2D eigenvalue weighted by Crippen LogP contribution is -2.11. The van der Waals surface area contributed by atoms with Crippen LogP contribution in [0.2, 0.25) is 0 Å². The lowest BCUT2D eigenvalue weighted by Gasteiger charge is -2.04. The summed E-state index contributed by atoms with van der Waals surface area (Å²) >= 11 is 0. The molecule has 0 aliphatic heterocycles. The second-order valence-electron chi connectivity index (χ2n) is 4.23. The third-order valence-corrected chi connectivity index (χ3v) is 2.91. The number of nitrogens with zero attached hydrogens (tertiary/aromatic N) is 2. The van der Waals surface area contributed by atoms with E-state index in [4.69, 9.17) is 10.3 Å². The summed E-state index contributed by atoms with van der Waals surface area (Å²) in [6, 6.07) is 6.97. The maximum absolute atomic E-state index is 9.20. The molecule has 0 amide bonds. The number of benzene rings is 1. The van der Waals surface area contributed by atoms with Crippen LogP contribution in [0.25, 0.3) is 0 Å². The van der Waals surface area contributed by atoms with E-state index in [-0.39, 0.29) is 11.7 Å². The molecule has 0 radical (unpaired) electrons. The molecule has 3 N–H and O–H groups in total. The Morgan fingerprint density at radius 1 is 1.33 bits per heavy atom. The van der Waals surface area contributed by atoms with E-state index < -0.39 is 0 Å². The lowest BCUT2D eigenvalue weighted by atomic mass is 10.1. The smallest absolute Gasteiger partial charge is 0.231 e. The first-order chi connectivity index (χ1) is 8.72. The van der Waals surface area contributed by atoms with Crippen LogP contribution in [0.4, 0.5) is 0 Å². The zero-order chi connectivity index (χ0) is 13.0. The Bertz CT molecular complexity index is 489. The number of rotatable bonds is 5. The highest BCUT2D eigenvalue weighted by molar-refractivity contribution is 5.27. The standard InChI is InChI=1S/C13H17N3O2/c1-2-10(8-14)13-15-12(16-18-13)7-9-3-5-11(17)6-4-9/h3-6,10,17H,2,7-8,14H2,1H3. The van der Waals surface area contributed by atoms with Crippen LogP contribution in [-0.2, 0) is 6.42 Å². The van der Waals surface area contributed by atoms with Crippen LogP contribution >= 0.6 is 0 Å². The Morgan fingerprint density at radius 3 is 2.67 bits per heavy atom. The third-order valence-electron chi connectivity index (χ3n) is 2.91. The second-order valence-corrected chi connectivity index (χ2v) is 4.23. The lowest BCUT2D eigenvalue weighted by molar-refractivity contribution is 0.348. The third kappa shape index (κ3) is 2.87. The maximum Gasteiger partial charge on any atom is 0.231 e. The van der Waals surface area contributed by atoms with Gasteiger partial charge in [-0.1, -0.05) is 24.2 Å². The summed E-state index contributed by atoms with van der Waals surface area (Å²) in [4.78, 5) is 4.35. The molecule has 0 fully saturated rings. The van der Waals surface area contributed by atoms with Gasteiger partial charge < -0.3 is 15.4 Å². The molecule has 0 spiro atoms. The topological polar surface area (TPSA) is 85.2 Å². The van der Waals surface area contributed by atoms with Crippen LogP contribution in [-0.4, -0.2) is 21.8 Å². The minimum Gasteiger partial charge on any atom is -0.508 e. The summed E-state index contributed by atoms with van der Waals surface area (Å²) < 4.78 is 5.21. The van der Waals surface area contributed by atoms with Gasteiger partial charge in [-0.2, -0.15) is 4.98 Å². The van der Waals surface area contributed by atoms with Crippen LogP contribution in [0.15, 0.2) is 28.8 Å². The molecule has 0 saturated heterocycles. The average Bonchev–Trinajstić information content (AvgIpc) is 2.82. The number of hydrogen-bond donors (Lipinski definition) is 2. The molecule has 96 valence electrons. The molecule has 1 atom stereocenters. The van der Waals surface area contributed by atoms with Gasteiger partial charge in [0, 0.05) is 13.0 Å². The Balaban J connectivity index is 2.08. The molecule has 1 unspecified atom stereocenters. The number of nitrogens with two attached hydrogens (primary N) is 1. The molecular weight excluding hydrogens is 230 g/mol. The van der Waals surface area contributed by atoms with Gasteiger partial charge in [-0.3, -0.25) is 0 Å². The molecule has 2 rings (SSSR count). The van der Waals surface area contributed by atoms with Crippen LogP contribution in [0, 0.1) is 0 Å². The van der Waals surface area contributed by atoms with Gasteiger partial charge >= 0.3 is 0 Å². The van der Waals surface area contributed by atoms with Gasteiger partial charge in [-0.25, -0.2) is 0 Å². The zero-order valence-corrected chi connectivity index (χ0v) is 10.3. The fourth-order valence-corrected chi connectivity index (χ4v) is 1.74. The molecule has 0 bridgehead atoms. The minimum absolute atomic E-state index is 0.131. The summed E-state index contributed by atoms with van der Waals surface area (Å²) in [7, 11) is 0. The first-order valence-electron chi connectivity index (χ1n) is 6.03. The molecule has 1 aromatic carbocycles. The highest BCUT2D eigenvalue weighted by Gasteiger charge is 2.15. The molecule has 2 aromatic rings. The van der Waals surface area contributed by atoms with Crippen molar-refractivity contribution in [2.24, 2.45) is 5.73 Å². The summed E-state index contributed by atoms with van der Waals surface area (Å²) in [5, 5.41) is 13.1. The van der Waals surface area contributed by atoms with Crippen LogP contribution < -0.4 is 5.73 Å². The normalized spacial score (nSPS) is 12.6.